The highest BCUT2D eigenvalue weighted by Crippen LogP contribution is 2.26. The Hall–Kier alpha value is -2.69. The summed E-state index contributed by atoms with van der Waals surface area (Å²) in [4.78, 5) is 28.8. The van der Waals surface area contributed by atoms with Crippen LogP contribution in [0.4, 0.5) is 5.82 Å². The van der Waals surface area contributed by atoms with Crippen LogP contribution in [-0.2, 0) is 9.59 Å². The number of imidazole rings is 1. The quantitative estimate of drug-likeness (QED) is 0.882. The van der Waals surface area contributed by atoms with E-state index in [9.17, 15) is 9.59 Å². The van der Waals surface area contributed by atoms with E-state index in [1.807, 2.05) is 28.8 Å². The van der Waals surface area contributed by atoms with Gasteiger partial charge in [-0.1, -0.05) is 6.07 Å². The number of fused-ring (bicyclic) bond motifs is 1. The normalized spacial score (nSPS) is 15.8. The van der Waals surface area contributed by atoms with Gasteiger partial charge in [-0.2, -0.15) is 0 Å². The summed E-state index contributed by atoms with van der Waals surface area (Å²) in [5, 5.41) is 3.31. The molecule has 0 aromatic carbocycles. The third-order valence-corrected chi connectivity index (χ3v) is 4.42. The summed E-state index contributed by atoms with van der Waals surface area (Å²) in [6, 6.07) is 5.82. The van der Waals surface area contributed by atoms with Crippen molar-refractivity contribution in [3.05, 3.63) is 52.9 Å². The molecule has 118 valence electrons. The van der Waals surface area contributed by atoms with E-state index in [1.165, 1.54) is 0 Å². The summed E-state index contributed by atoms with van der Waals surface area (Å²) in [5.41, 5.74) is 3.17. The summed E-state index contributed by atoms with van der Waals surface area (Å²) in [5.74, 6) is 0.882. The number of rotatable bonds is 4. The van der Waals surface area contributed by atoms with Gasteiger partial charge >= 0.3 is 0 Å². The van der Waals surface area contributed by atoms with Crippen LogP contribution in [0.1, 0.15) is 27.2 Å². The van der Waals surface area contributed by atoms with Crippen molar-refractivity contribution in [2.75, 3.05) is 11.9 Å². The summed E-state index contributed by atoms with van der Waals surface area (Å²) < 4.78 is 1.95. The second-order valence-electron chi connectivity index (χ2n) is 5.76. The molecule has 2 aromatic rings. The molecule has 0 spiro atoms. The van der Waals surface area contributed by atoms with Gasteiger partial charge in [-0.05, 0) is 39.3 Å². The maximum atomic E-state index is 12.4. The number of nitrogens with zero attached hydrogens (tertiary/aromatic N) is 2. The number of carbonyl (C=O) groups is 2. The molecular formula is C18H19N3O2. The van der Waals surface area contributed by atoms with E-state index < -0.39 is 0 Å². The van der Waals surface area contributed by atoms with E-state index in [-0.39, 0.29) is 11.6 Å². The van der Waals surface area contributed by atoms with Crippen molar-refractivity contribution in [1.29, 1.82) is 0 Å². The predicted octanol–water partition coefficient (Wildman–Crippen LogP) is 2.94. The molecule has 2 heterocycles. The summed E-state index contributed by atoms with van der Waals surface area (Å²) in [6.45, 7) is 5.76. The average molecular weight is 309 g/mol. The van der Waals surface area contributed by atoms with Crippen LogP contribution in [0.5, 0.6) is 0 Å². The highest BCUT2D eigenvalue weighted by Gasteiger charge is 2.27. The summed E-state index contributed by atoms with van der Waals surface area (Å²) in [6.07, 6.45) is 4.15. The molecule has 0 saturated heterocycles. The maximum Gasteiger partial charge on any atom is 0.185 e. The Kier molecular flexibility index (Phi) is 3.86. The molecule has 0 unspecified atom stereocenters. The fourth-order valence-electron chi connectivity index (χ4n) is 2.86. The lowest BCUT2D eigenvalue weighted by Gasteiger charge is -2.19. The molecule has 0 bridgehead atoms. The standard InChI is InChI=1S/C18H19N3O2/c1-11-12(2)18(23)14(13(3)17(11)22)7-8-19-15-5-4-6-16-20-9-10-21(15)16/h4-6,9-10,19H,7-8H2,1-3H3. The minimum Gasteiger partial charge on any atom is -0.371 e. The largest absolute Gasteiger partial charge is 0.371 e. The van der Waals surface area contributed by atoms with Crippen LogP contribution in [-0.4, -0.2) is 27.5 Å². The molecular weight excluding hydrogens is 290 g/mol. The number of carbonyl (C=O) groups excluding carboxylic acids is 2. The minimum absolute atomic E-state index is 0.0118. The molecule has 1 aliphatic rings. The van der Waals surface area contributed by atoms with E-state index in [4.69, 9.17) is 0 Å². The van der Waals surface area contributed by atoms with Crippen LogP contribution in [0.3, 0.4) is 0 Å². The first-order valence-corrected chi connectivity index (χ1v) is 7.63. The Morgan fingerprint density at radius 3 is 2.57 bits per heavy atom. The smallest absolute Gasteiger partial charge is 0.185 e. The lowest BCUT2D eigenvalue weighted by atomic mass is 9.84. The number of hydrogen-bond donors (Lipinski definition) is 1. The highest BCUT2D eigenvalue weighted by molar-refractivity contribution is 6.24. The van der Waals surface area contributed by atoms with Gasteiger partial charge in [0.1, 0.15) is 11.5 Å². The first-order valence-electron chi connectivity index (χ1n) is 7.63. The maximum absolute atomic E-state index is 12.4. The lowest BCUT2D eigenvalue weighted by Crippen LogP contribution is -2.22. The molecule has 23 heavy (non-hydrogen) atoms. The third-order valence-electron chi connectivity index (χ3n) is 4.42. The van der Waals surface area contributed by atoms with E-state index in [0.717, 1.165) is 11.5 Å². The fourth-order valence-corrected chi connectivity index (χ4v) is 2.86. The monoisotopic (exact) mass is 309 g/mol. The van der Waals surface area contributed by atoms with Crippen LogP contribution >= 0.6 is 0 Å². The topological polar surface area (TPSA) is 63.5 Å². The number of nitrogens with one attached hydrogen (secondary N) is 1. The van der Waals surface area contributed by atoms with Crippen molar-refractivity contribution in [2.24, 2.45) is 0 Å². The average Bonchev–Trinajstić information content (AvgIpc) is 3.03. The van der Waals surface area contributed by atoms with Crippen molar-refractivity contribution in [3.63, 3.8) is 0 Å². The van der Waals surface area contributed by atoms with Crippen LogP contribution in [0.2, 0.25) is 0 Å². The molecule has 0 radical (unpaired) electrons. The molecule has 0 aliphatic heterocycles. The zero-order valence-corrected chi connectivity index (χ0v) is 13.5. The van der Waals surface area contributed by atoms with Gasteiger partial charge in [-0.3, -0.25) is 14.0 Å². The Morgan fingerprint density at radius 1 is 1.04 bits per heavy atom. The molecule has 1 N–H and O–H groups in total. The van der Waals surface area contributed by atoms with E-state index in [1.54, 1.807) is 27.0 Å². The van der Waals surface area contributed by atoms with Gasteiger partial charge in [0.05, 0.1) is 0 Å². The van der Waals surface area contributed by atoms with E-state index in [0.29, 0.717) is 35.3 Å². The fraction of sp³-hybridized carbons (Fsp3) is 0.278. The van der Waals surface area contributed by atoms with Gasteiger partial charge in [-0.25, -0.2) is 4.98 Å². The van der Waals surface area contributed by atoms with Gasteiger partial charge < -0.3 is 5.32 Å². The van der Waals surface area contributed by atoms with Crippen LogP contribution < -0.4 is 5.32 Å². The van der Waals surface area contributed by atoms with Gasteiger partial charge in [0, 0.05) is 41.2 Å². The van der Waals surface area contributed by atoms with Gasteiger partial charge in [0.25, 0.3) is 0 Å². The van der Waals surface area contributed by atoms with Gasteiger partial charge in [0.2, 0.25) is 0 Å². The molecule has 0 amide bonds. The van der Waals surface area contributed by atoms with E-state index >= 15 is 0 Å². The molecule has 5 nitrogen and oxygen atoms in total. The third kappa shape index (κ3) is 2.59. The molecule has 0 fully saturated rings. The SMILES string of the molecule is CC1=C(C)C(=O)C(CCNc2cccc3nccn23)=C(C)C1=O. The number of ketones is 2. The summed E-state index contributed by atoms with van der Waals surface area (Å²) >= 11 is 0. The second-order valence-corrected chi connectivity index (χ2v) is 5.76. The Labute approximate surface area is 134 Å². The van der Waals surface area contributed by atoms with Crippen molar-refractivity contribution in [1.82, 2.24) is 9.38 Å². The van der Waals surface area contributed by atoms with Crippen molar-refractivity contribution in [2.45, 2.75) is 27.2 Å². The van der Waals surface area contributed by atoms with Crippen molar-refractivity contribution < 1.29 is 9.59 Å². The first-order chi connectivity index (χ1) is 11.0. The number of hydrogen-bond acceptors (Lipinski definition) is 4. The predicted molar refractivity (Wildman–Crippen MR) is 89.4 cm³/mol. The molecule has 3 rings (SSSR count). The molecule has 1 aliphatic carbocycles. The van der Waals surface area contributed by atoms with Crippen LogP contribution in [0, 0.1) is 0 Å². The number of aromatic nitrogens is 2. The zero-order chi connectivity index (χ0) is 16.6. The second kappa shape index (κ2) is 5.83. The number of pyridine rings is 1. The molecule has 2 aromatic heterocycles. The molecule has 0 saturated carbocycles. The zero-order valence-electron chi connectivity index (χ0n) is 13.5. The summed E-state index contributed by atoms with van der Waals surface area (Å²) in [7, 11) is 0. The Balaban J connectivity index is 1.75. The lowest BCUT2D eigenvalue weighted by molar-refractivity contribution is -0.116. The minimum atomic E-state index is -0.0196. The highest BCUT2D eigenvalue weighted by atomic mass is 16.1. The molecule has 5 heteroatoms. The number of anilines is 1. The first kappa shape index (κ1) is 15.2. The van der Waals surface area contributed by atoms with Gasteiger partial charge in [0.15, 0.2) is 11.6 Å². The Morgan fingerprint density at radius 2 is 1.78 bits per heavy atom. The van der Waals surface area contributed by atoms with E-state index in [2.05, 4.69) is 10.3 Å². The van der Waals surface area contributed by atoms with Crippen molar-refractivity contribution in [3.8, 4) is 0 Å². The van der Waals surface area contributed by atoms with Crippen LogP contribution in [0.25, 0.3) is 5.65 Å². The van der Waals surface area contributed by atoms with Crippen LogP contribution in [0.15, 0.2) is 52.9 Å². The number of allylic oxidation sites excluding steroid dienone is 3. The Bertz CT molecular complexity index is 871. The van der Waals surface area contributed by atoms with Crippen molar-refractivity contribution >= 4 is 23.0 Å². The molecule has 0 atom stereocenters. The number of Topliss-reactive ketones (excluding diaryl/α,β-unsaturated/α-hetero) is 2. The van der Waals surface area contributed by atoms with Gasteiger partial charge in [-0.15, -0.1) is 0 Å².